The van der Waals surface area contributed by atoms with Crippen molar-refractivity contribution < 1.29 is 13.2 Å². The Hall–Kier alpha value is -2.61. The Kier molecular flexibility index (Phi) is 4.89. The Bertz CT molecular complexity index is 1230. The summed E-state index contributed by atoms with van der Waals surface area (Å²) < 4.78 is 35.1. The summed E-state index contributed by atoms with van der Waals surface area (Å²) >= 11 is 0. The fourth-order valence-electron chi connectivity index (χ4n) is 4.43. The van der Waals surface area contributed by atoms with E-state index in [0.717, 1.165) is 34.2 Å². The summed E-state index contributed by atoms with van der Waals surface area (Å²) in [6, 6.07) is 14.1. The van der Waals surface area contributed by atoms with Gasteiger partial charge in [0.25, 0.3) is 10.2 Å². The van der Waals surface area contributed by atoms with Crippen molar-refractivity contribution in [3.8, 4) is 5.75 Å². The van der Waals surface area contributed by atoms with Gasteiger partial charge in [-0.05, 0) is 47.7 Å². The molecule has 3 aromatic rings. The predicted octanol–water partition coefficient (Wildman–Crippen LogP) is 3.57. The first-order chi connectivity index (χ1) is 14.6. The van der Waals surface area contributed by atoms with Crippen LogP contribution in [0.5, 0.6) is 5.75 Å². The fraction of sp³-hybridized carbons (Fsp3) is 0.304. The number of rotatable bonds is 4. The van der Waals surface area contributed by atoms with Crippen LogP contribution in [0.15, 0.2) is 54.7 Å². The first-order valence-electron chi connectivity index (χ1n) is 10.2. The summed E-state index contributed by atoms with van der Waals surface area (Å²) in [5.41, 5.74) is 5.69. The van der Waals surface area contributed by atoms with Gasteiger partial charge in [-0.15, -0.1) is 0 Å². The molecule has 0 aliphatic carbocycles. The number of fused-ring (bicyclic) bond motifs is 2. The zero-order chi connectivity index (χ0) is 20.7. The molecule has 0 spiro atoms. The number of hydrogen-bond donors (Lipinski definition) is 1. The molecule has 30 heavy (non-hydrogen) atoms. The Morgan fingerprint density at radius 2 is 1.80 bits per heavy atom. The second-order valence-corrected chi connectivity index (χ2v) is 9.74. The van der Waals surface area contributed by atoms with Crippen molar-refractivity contribution in [3.63, 3.8) is 0 Å². The molecule has 7 heteroatoms. The van der Waals surface area contributed by atoms with E-state index in [9.17, 15) is 8.42 Å². The fourth-order valence-corrected chi connectivity index (χ4v) is 5.96. The summed E-state index contributed by atoms with van der Waals surface area (Å²) in [4.78, 5) is 3.30. The minimum absolute atomic E-state index is 0.395. The van der Waals surface area contributed by atoms with E-state index in [-0.39, 0.29) is 0 Å². The number of benzene rings is 2. The highest BCUT2D eigenvalue weighted by atomic mass is 32.2. The number of hydrogen-bond acceptors (Lipinski definition) is 3. The zero-order valence-electron chi connectivity index (χ0n) is 17.0. The van der Waals surface area contributed by atoms with Crippen molar-refractivity contribution in [1.82, 2.24) is 13.6 Å². The Morgan fingerprint density at radius 3 is 2.57 bits per heavy atom. The largest absolute Gasteiger partial charge is 0.497 e. The van der Waals surface area contributed by atoms with Crippen LogP contribution >= 0.6 is 0 Å². The van der Waals surface area contributed by atoms with Crippen molar-refractivity contribution >= 4 is 26.7 Å². The molecule has 0 radical (unpaired) electrons. The molecule has 5 rings (SSSR count). The normalized spacial score (nSPS) is 18.2. The number of nitrogens with one attached hydrogen (secondary N) is 1. The molecular weight excluding hydrogens is 398 g/mol. The van der Waals surface area contributed by atoms with Crippen LogP contribution in [0.2, 0.25) is 0 Å². The zero-order valence-corrected chi connectivity index (χ0v) is 17.8. The number of aromatic amines is 1. The molecule has 1 aromatic heterocycles. The SMILES string of the molecule is COc1ccc2[nH]cc(C3=CCN(S(=O)(=O)N4CCc5ccccc5C4)CC3)c2c1. The summed E-state index contributed by atoms with van der Waals surface area (Å²) in [5.74, 6) is 0.814. The lowest BCUT2D eigenvalue weighted by Crippen LogP contribution is -2.47. The maximum absolute atomic E-state index is 13.2. The van der Waals surface area contributed by atoms with Gasteiger partial charge in [0.1, 0.15) is 5.75 Å². The number of ether oxygens (including phenoxy) is 1. The Balaban J connectivity index is 1.36. The van der Waals surface area contributed by atoms with Gasteiger partial charge in [-0.3, -0.25) is 0 Å². The van der Waals surface area contributed by atoms with Gasteiger partial charge in [0.05, 0.1) is 7.11 Å². The molecule has 0 atom stereocenters. The third-order valence-corrected chi connectivity index (χ3v) is 8.10. The number of aromatic nitrogens is 1. The van der Waals surface area contributed by atoms with E-state index in [1.807, 2.05) is 48.7 Å². The van der Waals surface area contributed by atoms with Crippen molar-refractivity contribution in [2.45, 2.75) is 19.4 Å². The van der Waals surface area contributed by atoms with Crippen LogP contribution < -0.4 is 4.74 Å². The molecule has 156 valence electrons. The molecule has 0 fully saturated rings. The van der Waals surface area contributed by atoms with Crippen LogP contribution in [0.4, 0.5) is 0 Å². The average molecular weight is 424 g/mol. The highest BCUT2D eigenvalue weighted by Crippen LogP contribution is 2.32. The monoisotopic (exact) mass is 423 g/mol. The summed E-state index contributed by atoms with van der Waals surface area (Å²) in [6.07, 6.45) is 5.50. The second-order valence-electron chi connectivity index (χ2n) is 7.81. The molecular formula is C23H25N3O3S. The van der Waals surface area contributed by atoms with E-state index < -0.39 is 10.2 Å². The van der Waals surface area contributed by atoms with Crippen molar-refractivity contribution in [2.24, 2.45) is 0 Å². The standard InChI is InChI=1S/C23H25N3O3S/c1-29-20-6-7-23-21(14-20)22(15-24-23)18-9-11-25(12-10-18)30(27,28)26-13-8-17-4-2-3-5-19(17)16-26/h2-7,9,14-15,24H,8,10-13,16H2,1H3. The maximum Gasteiger partial charge on any atom is 0.282 e. The first kappa shape index (κ1) is 19.4. The highest BCUT2D eigenvalue weighted by Gasteiger charge is 2.33. The van der Waals surface area contributed by atoms with Crippen LogP contribution in [0, 0.1) is 0 Å². The Morgan fingerprint density at radius 1 is 1.00 bits per heavy atom. The lowest BCUT2D eigenvalue weighted by molar-refractivity contribution is 0.334. The number of H-pyrrole nitrogens is 1. The van der Waals surface area contributed by atoms with Crippen molar-refractivity contribution in [2.75, 3.05) is 26.7 Å². The number of methoxy groups -OCH3 is 1. The molecule has 6 nitrogen and oxygen atoms in total. The molecule has 0 saturated carbocycles. The van der Waals surface area contributed by atoms with Gasteiger partial charge in [-0.1, -0.05) is 30.3 Å². The highest BCUT2D eigenvalue weighted by molar-refractivity contribution is 7.86. The van der Waals surface area contributed by atoms with Gasteiger partial charge in [0, 0.05) is 48.8 Å². The topological polar surface area (TPSA) is 65.6 Å². The molecule has 1 N–H and O–H groups in total. The van der Waals surface area contributed by atoms with Crippen LogP contribution in [-0.4, -0.2) is 48.8 Å². The smallest absolute Gasteiger partial charge is 0.282 e. The van der Waals surface area contributed by atoms with Gasteiger partial charge in [0.2, 0.25) is 0 Å². The molecule has 0 unspecified atom stereocenters. The van der Waals surface area contributed by atoms with Gasteiger partial charge in [-0.2, -0.15) is 17.0 Å². The van der Waals surface area contributed by atoms with E-state index in [1.54, 1.807) is 15.7 Å². The van der Waals surface area contributed by atoms with Gasteiger partial charge < -0.3 is 9.72 Å². The third kappa shape index (κ3) is 3.33. The van der Waals surface area contributed by atoms with E-state index >= 15 is 0 Å². The van der Waals surface area contributed by atoms with Crippen molar-refractivity contribution in [3.05, 3.63) is 71.4 Å². The minimum atomic E-state index is -3.48. The quantitative estimate of drug-likeness (QED) is 0.698. The second kappa shape index (κ2) is 7.58. The molecule has 0 saturated heterocycles. The molecule has 3 heterocycles. The van der Waals surface area contributed by atoms with Crippen LogP contribution in [0.3, 0.4) is 0 Å². The molecule has 2 aliphatic rings. The molecule has 0 bridgehead atoms. The van der Waals surface area contributed by atoms with Gasteiger partial charge in [-0.25, -0.2) is 0 Å². The summed E-state index contributed by atoms with van der Waals surface area (Å²) in [7, 11) is -1.82. The van der Waals surface area contributed by atoms with E-state index in [2.05, 4.69) is 11.1 Å². The molecule has 0 amide bonds. The molecule has 2 aliphatic heterocycles. The molecule has 2 aromatic carbocycles. The Labute approximate surface area is 176 Å². The lowest BCUT2D eigenvalue weighted by Gasteiger charge is -2.34. The van der Waals surface area contributed by atoms with Crippen molar-refractivity contribution in [1.29, 1.82) is 0 Å². The third-order valence-electron chi connectivity index (χ3n) is 6.15. The van der Waals surface area contributed by atoms with E-state index in [4.69, 9.17) is 4.74 Å². The first-order valence-corrected chi connectivity index (χ1v) is 11.6. The summed E-state index contributed by atoms with van der Waals surface area (Å²) in [6.45, 7) is 1.87. The predicted molar refractivity (Wildman–Crippen MR) is 118 cm³/mol. The van der Waals surface area contributed by atoms with Gasteiger partial charge in [0.15, 0.2) is 0 Å². The minimum Gasteiger partial charge on any atom is -0.497 e. The lowest BCUT2D eigenvalue weighted by atomic mass is 9.99. The van der Waals surface area contributed by atoms with E-state index in [1.165, 1.54) is 11.1 Å². The van der Waals surface area contributed by atoms with Crippen LogP contribution in [0.25, 0.3) is 16.5 Å². The summed E-state index contributed by atoms with van der Waals surface area (Å²) in [5, 5.41) is 1.10. The van der Waals surface area contributed by atoms with Crippen LogP contribution in [0.1, 0.15) is 23.1 Å². The maximum atomic E-state index is 13.2. The van der Waals surface area contributed by atoms with E-state index in [0.29, 0.717) is 32.6 Å². The average Bonchev–Trinajstić information content (AvgIpc) is 3.22. The number of nitrogens with zero attached hydrogens (tertiary/aromatic N) is 2. The van der Waals surface area contributed by atoms with Crippen LogP contribution in [-0.2, 0) is 23.2 Å². The van der Waals surface area contributed by atoms with Gasteiger partial charge >= 0.3 is 0 Å².